The van der Waals surface area contributed by atoms with Gasteiger partial charge in [0.05, 0.1) is 30.9 Å². The maximum Gasteiger partial charge on any atom is 0.270 e. The lowest BCUT2D eigenvalue weighted by atomic mass is 10.3. The molecule has 0 fully saturated rings. The van der Waals surface area contributed by atoms with Crippen molar-refractivity contribution in [1.29, 1.82) is 0 Å². The Kier molecular flexibility index (Phi) is 3.78. The van der Waals surface area contributed by atoms with Crippen molar-refractivity contribution in [2.24, 2.45) is 0 Å². The Morgan fingerprint density at radius 2 is 1.91 bits per heavy atom. The van der Waals surface area contributed by atoms with Gasteiger partial charge < -0.3 is 11.1 Å². The van der Waals surface area contributed by atoms with E-state index in [9.17, 15) is 10.1 Å². The van der Waals surface area contributed by atoms with Crippen LogP contribution in [-0.4, -0.2) is 9.91 Å². The van der Waals surface area contributed by atoms with Crippen molar-refractivity contribution in [3.8, 4) is 0 Å². The molecule has 0 aliphatic rings. The summed E-state index contributed by atoms with van der Waals surface area (Å²) < 4.78 is 0.712. The zero-order valence-corrected chi connectivity index (χ0v) is 13.2. The van der Waals surface area contributed by atoms with Crippen LogP contribution in [0.15, 0.2) is 30.3 Å². The number of halogens is 2. The van der Waals surface area contributed by atoms with E-state index >= 15 is 0 Å². The molecule has 0 radical (unpaired) electrons. The number of anilines is 3. The van der Waals surface area contributed by atoms with Gasteiger partial charge in [-0.05, 0) is 18.2 Å². The number of nitrogen functional groups attached to an aromatic ring is 1. The van der Waals surface area contributed by atoms with Gasteiger partial charge in [-0.1, -0.05) is 34.5 Å². The number of nitro benzene ring substituents is 1. The highest BCUT2D eigenvalue weighted by Crippen LogP contribution is 2.35. The number of nitrogens with two attached hydrogens (primary N) is 1. The molecule has 0 amide bonds. The Hall–Kier alpha value is -2.09. The molecule has 3 N–H and O–H groups in total. The van der Waals surface area contributed by atoms with Crippen LogP contribution in [0.5, 0.6) is 0 Å². The third kappa shape index (κ3) is 2.78. The van der Waals surface area contributed by atoms with E-state index in [1.807, 2.05) is 0 Å². The average Bonchev–Trinajstić information content (AvgIpc) is 2.85. The highest BCUT2D eigenvalue weighted by Gasteiger charge is 2.11. The van der Waals surface area contributed by atoms with Crippen LogP contribution in [0.1, 0.15) is 0 Å². The average molecular weight is 355 g/mol. The maximum absolute atomic E-state index is 10.8. The summed E-state index contributed by atoms with van der Waals surface area (Å²) in [4.78, 5) is 14.7. The monoisotopic (exact) mass is 354 g/mol. The number of aromatic nitrogens is 1. The zero-order chi connectivity index (χ0) is 15.9. The first-order chi connectivity index (χ1) is 10.4. The van der Waals surface area contributed by atoms with E-state index in [1.165, 1.54) is 23.5 Å². The second kappa shape index (κ2) is 5.60. The molecule has 9 heteroatoms. The molecule has 0 saturated carbocycles. The molecule has 0 saturated heterocycles. The molecule has 2 aromatic carbocycles. The quantitative estimate of drug-likeness (QED) is 0.398. The van der Waals surface area contributed by atoms with Crippen molar-refractivity contribution in [3.63, 3.8) is 0 Å². The smallest absolute Gasteiger partial charge is 0.270 e. The molecule has 3 aromatic rings. The molecule has 3 rings (SSSR count). The summed E-state index contributed by atoms with van der Waals surface area (Å²) in [6.07, 6.45) is 0. The number of hydrogen-bond donors (Lipinski definition) is 2. The molecule has 0 atom stereocenters. The predicted octanol–water partition coefficient (Wildman–Crippen LogP) is 4.84. The van der Waals surface area contributed by atoms with Crippen LogP contribution >= 0.6 is 34.5 Å². The molecular weight excluding hydrogens is 347 g/mol. The van der Waals surface area contributed by atoms with Gasteiger partial charge in [0.1, 0.15) is 0 Å². The maximum atomic E-state index is 10.8. The van der Waals surface area contributed by atoms with Gasteiger partial charge >= 0.3 is 0 Å². The minimum absolute atomic E-state index is 0.0290. The molecule has 0 unspecified atom stereocenters. The summed E-state index contributed by atoms with van der Waals surface area (Å²) in [7, 11) is 0. The molecule has 0 bridgehead atoms. The Morgan fingerprint density at radius 1 is 1.23 bits per heavy atom. The Labute approximate surface area is 138 Å². The number of nitro groups is 1. The van der Waals surface area contributed by atoms with Crippen LogP contribution in [0.2, 0.25) is 10.0 Å². The van der Waals surface area contributed by atoms with Gasteiger partial charge in [0.25, 0.3) is 5.69 Å². The minimum Gasteiger partial charge on any atom is -0.396 e. The second-order valence-electron chi connectivity index (χ2n) is 4.41. The number of nitrogens with one attached hydrogen (secondary N) is 1. The van der Waals surface area contributed by atoms with Crippen molar-refractivity contribution in [2.75, 3.05) is 11.1 Å². The Morgan fingerprint density at radius 3 is 2.55 bits per heavy atom. The van der Waals surface area contributed by atoms with Crippen LogP contribution < -0.4 is 11.1 Å². The van der Waals surface area contributed by atoms with E-state index in [0.29, 0.717) is 36.8 Å². The lowest BCUT2D eigenvalue weighted by Crippen LogP contribution is -1.93. The molecule has 0 aliphatic heterocycles. The lowest BCUT2D eigenvalue weighted by molar-refractivity contribution is -0.384. The SMILES string of the molecule is Nc1c(Cl)cc(Nc2nc3ccc([N+](=O)[O-])cc3s2)cc1Cl. The van der Waals surface area contributed by atoms with Crippen LogP contribution in [-0.2, 0) is 0 Å². The standard InChI is InChI=1S/C13H8Cl2N4O2S/c14-8-3-6(4-9(15)12(8)16)17-13-18-10-2-1-7(19(20)21)5-11(10)22-13/h1-5H,16H2,(H,17,18). The normalized spacial score (nSPS) is 10.8. The van der Waals surface area contributed by atoms with Crippen molar-refractivity contribution >= 4 is 66.9 Å². The van der Waals surface area contributed by atoms with E-state index in [-0.39, 0.29) is 5.69 Å². The van der Waals surface area contributed by atoms with Gasteiger partial charge in [-0.25, -0.2) is 4.98 Å². The number of non-ortho nitro benzene ring substituents is 1. The number of nitrogens with zero attached hydrogens (tertiary/aromatic N) is 2. The van der Waals surface area contributed by atoms with Gasteiger partial charge in [-0.15, -0.1) is 0 Å². The van der Waals surface area contributed by atoms with Gasteiger partial charge in [0, 0.05) is 17.8 Å². The largest absolute Gasteiger partial charge is 0.396 e. The summed E-state index contributed by atoms with van der Waals surface area (Å²) >= 11 is 13.3. The minimum atomic E-state index is -0.439. The zero-order valence-electron chi connectivity index (χ0n) is 10.8. The third-order valence-electron chi connectivity index (χ3n) is 2.91. The van der Waals surface area contributed by atoms with Crippen molar-refractivity contribution in [1.82, 2.24) is 4.98 Å². The number of thiazole rings is 1. The summed E-state index contributed by atoms with van der Waals surface area (Å²) in [5.74, 6) is 0. The Balaban J connectivity index is 1.96. The van der Waals surface area contributed by atoms with Gasteiger partial charge in [-0.3, -0.25) is 10.1 Å². The van der Waals surface area contributed by atoms with Crippen LogP contribution in [0, 0.1) is 10.1 Å². The first kappa shape index (κ1) is 14.8. The predicted molar refractivity (Wildman–Crippen MR) is 90.4 cm³/mol. The van der Waals surface area contributed by atoms with Gasteiger partial charge in [-0.2, -0.15) is 0 Å². The molecule has 112 valence electrons. The first-order valence-electron chi connectivity index (χ1n) is 6.00. The Bertz CT molecular complexity index is 874. The summed E-state index contributed by atoms with van der Waals surface area (Å²) in [5, 5.41) is 15.1. The van der Waals surface area contributed by atoms with E-state index in [4.69, 9.17) is 28.9 Å². The molecule has 1 heterocycles. The summed E-state index contributed by atoms with van der Waals surface area (Å²) in [6, 6.07) is 7.79. The van der Waals surface area contributed by atoms with Crippen molar-refractivity contribution < 1.29 is 4.92 Å². The molecule has 0 aliphatic carbocycles. The van der Waals surface area contributed by atoms with Crippen molar-refractivity contribution in [2.45, 2.75) is 0 Å². The first-order valence-corrected chi connectivity index (χ1v) is 7.58. The van der Waals surface area contributed by atoms with E-state index in [0.717, 1.165) is 0 Å². The van der Waals surface area contributed by atoms with Crippen LogP contribution in [0.3, 0.4) is 0 Å². The van der Waals surface area contributed by atoms with E-state index in [2.05, 4.69) is 10.3 Å². The third-order valence-corrected chi connectivity index (χ3v) is 4.47. The van der Waals surface area contributed by atoms with Gasteiger partial charge in [0.15, 0.2) is 5.13 Å². The molecule has 0 spiro atoms. The summed E-state index contributed by atoms with van der Waals surface area (Å²) in [6.45, 7) is 0. The fourth-order valence-electron chi connectivity index (χ4n) is 1.86. The van der Waals surface area contributed by atoms with Crippen LogP contribution in [0.4, 0.5) is 22.2 Å². The topological polar surface area (TPSA) is 94.1 Å². The molecule has 1 aromatic heterocycles. The number of fused-ring (bicyclic) bond motifs is 1. The highest BCUT2D eigenvalue weighted by molar-refractivity contribution is 7.22. The molecule has 6 nitrogen and oxygen atoms in total. The van der Waals surface area contributed by atoms with Crippen molar-refractivity contribution in [3.05, 3.63) is 50.5 Å². The summed E-state index contributed by atoms with van der Waals surface area (Å²) in [5.41, 5.74) is 7.33. The fraction of sp³-hybridized carbons (Fsp3) is 0. The number of benzene rings is 2. The number of rotatable bonds is 3. The molecular formula is C13H8Cl2N4O2S. The lowest BCUT2D eigenvalue weighted by Gasteiger charge is -2.06. The highest BCUT2D eigenvalue weighted by atomic mass is 35.5. The fourth-order valence-corrected chi connectivity index (χ4v) is 3.27. The van der Waals surface area contributed by atoms with Crippen LogP contribution in [0.25, 0.3) is 10.2 Å². The van der Waals surface area contributed by atoms with Gasteiger partial charge in [0.2, 0.25) is 0 Å². The van der Waals surface area contributed by atoms with E-state index in [1.54, 1.807) is 18.2 Å². The second-order valence-corrected chi connectivity index (χ2v) is 6.25. The van der Waals surface area contributed by atoms with E-state index < -0.39 is 4.92 Å². The molecule has 22 heavy (non-hydrogen) atoms. The number of hydrogen-bond acceptors (Lipinski definition) is 6.